The lowest BCUT2D eigenvalue weighted by Crippen LogP contribution is -2.51. The van der Waals surface area contributed by atoms with Crippen molar-refractivity contribution in [1.82, 2.24) is 20.9 Å². The third-order valence-electron chi connectivity index (χ3n) is 8.36. The van der Waals surface area contributed by atoms with Gasteiger partial charge >= 0.3 is 12.0 Å². The number of halogens is 2. The molecule has 11 heteroatoms. The highest BCUT2D eigenvalue weighted by atomic mass is 35.5. The first kappa shape index (κ1) is 32.1. The Bertz CT molecular complexity index is 1790. The van der Waals surface area contributed by atoms with Crippen molar-refractivity contribution >= 4 is 47.0 Å². The van der Waals surface area contributed by atoms with E-state index in [9.17, 15) is 19.2 Å². The van der Waals surface area contributed by atoms with Gasteiger partial charge < -0.3 is 25.6 Å². The van der Waals surface area contributed by atoms with E-state index in [0.29, 0.717) is 13.1 Å². The first-order valence-electron chi connectivity index (χ1n) is 15.3. The molecule has 9 nitrogen and oxygen atoms in total. The van der Waals surface area contributed by atoms with Crippen molar-refractivity contribution in [2.24, 2.45) is 0 Å². The molecule has 2 atom stereocenters. The fourth-order valence-corrected chi connectivity index (χ4v) is 6.60. The average Bonchev–Trinajstić information content (AvgIpc) is 3.70. The lowest BCUT2D eigenvalue weighted by atomic mass is 10.1. The number of nitrogens with one attached hydrogen (secondary N) is 3. The molecule has 1 aliphatic heterocycles. The molecule has 4 aromatic rings. The van der Waals surface area contributed by atoms with Crippen LogP contribution < -0.4 is 16.0 Å². The number of urea groups is 1. The lowest BCUT2D eigenvalue weighted by molar-refractivity contribution is -0.147. The van der Waals surface area contributed by atoms with E-state index in [1.165, 1.54) is 17.7 Å². The van der Waals surface area contributed by atoms with E-state index in [1.54, 1.807) is 17.0 Å². The third-order valence-corrected chi connectivity index (χ3v) is 8.96. The van der Waals surface area contributed by atoms with Crippen LogP contribution in [0.4, 0.5) is 4.79 Å². The van der Waals surface area contributed by atoms with Gasteiger partial charge in [-0.05, 0) is 52.8 Å². The van der Waals surface area contributed by atoms with Crippen molar-refractivity contribution in [3.63, 3.8) is 0 Å². The summed E-state index contributed by atoms with van der Waals surface area (Å²) < 4.78 is 5.49. The highest BCUT2D eigenvalue weighted by Crippen LogP contribution is 2.31. The Morgan fingerprint density at radius 1 is 0.830 bits per heavy atom. The first-order valence-corrected chi connectivity index (χ1v) is 16.0. The predicted octanol–water partition coefficient (Wildman–Crippen LogP) is 5.98. The van der Waals surface area contributed by atoms with Crippen molar-refractivity contribution in [2.75, 3.05) is 6.54 Å². The summed E-state index contributed by atoms with van der Waals surface area (Å²) in [7, 11) is 0. The summed E-state index contributed by atoms with van der Waals surface area (Å²) in [5.41, 5.74) is 5.24. The van der Waals surface area contributed by atoms with E-state index in [-0.39, 0.29) is 46.3 Å². The maximum Gasteiger partial charge on any atom is 0.330 e. The number of carbonyl (C=O) groups excluding carboxylic acids is 4. The van der Waals surface area contributed by atoms with Gasteiger partial charge in [-0.25, -0.2) is 9.59 Å². The Morgan fingerprint density at radius 3 is 2.13 bits per heavy atom. The van der Waals surface area contributed by atoms with Gasteiger partial charge in [0.1, 0.15) is 12.6 Å². The number of nitrogens with zero attached hydrogens (tertiary/aromatic N) is 1. The van der Waals surface area contributed by atoms with Crippen LogP contribution in [0.25, 0.3) is 0 Å². The van der Waals surface area contributed by atoms with Crippen molar-refractivity contribution < 1.29 is 23.9 Å². The number of benzene rings is 4. The smallest absolute Gasteiger partial charge is 0.330 e. The average molecular weight is 672 g/mol. The Hall–Kier alpha value is -4.86. The zero-order chi connectivity index (χ0) is 32.9. The van der Waals surface area contributed by atoms with E-state index in [1.807, 2.05) is 66.7 Å². The van der Waals surface area contributed by atoms with E-state index >= 15 is 0 Å². The molecule has 0 saturated heterocycles. The van der Waals surface area contributed by atoms with E-state index in [2.05, 4.69) is 16.0 Å². The van der Waals surface area contributed by atoms with Crippen molar-refractivity contribution in [2.45, 2.75) is 44.6 Å². The Morgan fingerprint density at radius 2 is 1.45 bits per heavy atom. The van der Waals surface area contributed by atoms with Crippen LogP contribution in [0.15, 0.2) is 91.0 Å². The van der Waals surface area contributed by atoms with Crippen molar-refractivity contribution in [3.8, 4) is 0 Å². The van der Waals surface area contributed by atoms with Crippen LogP contribution >= 0.6 is 23.2 Å². The minimum absolute atomic E-state index is 0.0320. The van der Waals surface area contributed by atoms with Crippen LogP contribution in [0.1, 0.15) is 61.0 Å². The molecule has 240 valence electrons. The van der Waals surface area contributed by atoms with Gasteiger partial charge in [0.25, 0.3) is 11.8 Å². The first-order chi connectivity index (χ1) is 22.8. The summed E-state index contributed by atoms with van der Waals surface area (Å²) in [5.74, 6) is -1.80. The van der Waals surface area contributed by atoms with Gasteiger partial charge in [-0.15, -0.1) is 0 Å². The Balaban J connectivity index is 1.14. The predicted molar refractivity (Wildman–Crippen MR) is 178 cm³/mol. The summed E-state index contributed by atoms with van der Waals surface area (Å²) >= 11 is 13.1. The zero-order valence-corrected chi connectivity index (χ0v) is 26.8. The van der Waals surface area contributed by atoms with Crippen LogP contribution in [0.3, 0.4) is 0 Å². The molecule has 0 bridgehead atoms. The normalized spacial score (nSPS) is 15.3. The number of amides is 4. The van der Waals surface area contributed by atoms with Crippen LogP contribution in [-0.4, -0.2) is 41.3 Å². The number of ether oxygens (including phenoxy) is 1. The van der Waals surface area contributed by atoms with Gasteiger partial charge in [0, 0.05) is 18.7 Å². The molecule has 0 aromatic heterocycles. The minimum atomic E-state index is -1.27. The van der Waals surface area contributed by atoms with Crippen LogP contribution in [-0.2, 0) is 35.6 Å². The van der Waals surface area contributed by atoms with Gasteiger partial charge in [-0.1, -0.05) is 102 Å². The molecular formula is C36H32Cl2N4O5. The number of fused-ring (bicyclic) bond motifs is 2. The molecule has 2 aliphatic rings. The number of esters is 1. The van der Waals surface area contributed by atoms with Crippen molar-refractivity contribution in [1.29, 1.82) is 0 Å². The maximum absolute atomic E-state index is 13.5. The summed E-state index contributed by atoms with van der Waals surface area (Å²) in [6.45, 7) is 0.608. The number of hydrogen-bond donors (Lipinski definition) is 3. The van der Waals surface area contributed by atoms with E-state index in [0.717, 1.165) is 35.1 Å². The standard InChI is InChI=1S/C36H32Cl2N4O5/c37-28-16-26(34(44)42-19-24-11-4-5-12-25(24)20-42)17-29(38)32(28)33(43)40-31(35(45)47-21-22-8-2-1-3-9-22)18-39-36(46)41-30-15-14-23-10-6-7-13-27(23)30/h1-13,16-17,30-31H,14-15,18-21H2,(H,40,43)(H2,39,41,46)/t30-,31?/m1/s1. The molecule has 0 fully saturated rings. The fourth-order valence-electron chi connectivity index (χ4n) is 5.94. The number of hydrogen-bond acceptors (Lipinski definition) is 5. The summed E-state index contributed by atoms with van der Waals surface area (Å²) in [5, 5.41) is 8.12. The molecule has 6 rings (SSSR count). The van der Waals surface area contributed by atoms with Crippen LogP contribution in [0.2, 0.25) is 10.0 Å². The number of aryl methyl sites for hydroxylation is 1. The fraction of sp³-hybridized carbons (Fsp3) is 0.222. The van der Waals surface area contributed by atoms with E-state index < -0.39 is 23.9 Å². The monoisotopic (exact) mass is 670 g/mol. The highest BCUT2D eigenvalue weighted by molar-refractivity contribution is 6.40. The Labute approximate surface area is 282 Å². The minimum Gasteiger partial charge on any atom is -0.459 e. The molecule has 1 aliphatic carbocycles. The van der Waals surface area contributed by atoms with Gasteiger partial charge in [0.2, 0.25) is 0 Å². The van der Waals surface area contributed by atoms with Gasteiger partial charge in [0.05, 0.1) is 28.2 Å². The largest absolute Gasteiger partial charge is 0.459 e. The van der Waals surface area contributed by atoms with Gasteiger partial charge in [-0.2, -0.15) is 0 Å². The quantitative estimate of drug-likeness (QED) is 0.190. The summed E-state index contributed by atoms with van der Waals surface area (Å²) in [6, 6.07) is 25.6. The number of carbonyl (C=O) groups is 4. The van der Waals surface area contributed by atoms with Crippen LogP contribution in [0.5, 0.6) is 0 Å². The lowest BCUT2D eigenvalue weighted by Gasteiger charge is -2.21. The van der Waals surface area contributed by atoms with Crippen LogP contribution in [0, 0.1) is 0 Å². The molecule has 1 heterocycles. The third kappa shape index (κ3) is 7.42. The molecule has 1 unspecified atom stereocenters. The highest BCUT2D eigenvalue weighted by Gasteiger charge is 2.30. The second-order valence-electron chi connectivity index (χ2n) is 11.5. The van der Waals surface area contributed by atoms with Gasteiger partial charge in [-0.3, -0.25) is 9.59 Å². The molecule has 0 spiro atoms. The molecule has 0 saturated carbocycles. The topological polar surface area (TPSA) is 117 Å². The zero-order valence-electron chi connectivity index (χ0n) is 25.3. The molecule has 4 aromatic carbocycles. The van der Waals surface area contributed by atoms with Gasteiger partial charge in [0.15, 0.2) is 0 Å². The molecule has 4 amide bonds. The summed E-state index contributed by atoms with van der Waals surface area (Å²) in [6.07, 6.45) is 1.61. The molecular weight excluding hydrogens is 639 g/mol. The number of rotatable bonds is 9. The second kappa shape index (κ2) is 14.3. The maximum atomic E-state index is 13.5. The van der Waals surface area contributed by atoms with Crippen molar-refractivity contribution in [3.05, 3.63) is 140 Å². The molecule has 47 heavy (non-hydrogen) atoms. The Kier molecular flexibility index (Phi) is 9.75. The SMILES string of the molecule is O=C(NCC(NC(=O)c1c(Cl)cc(C(=O)N2Cc3ccccc3C2)cc1Cl)C(=O)OCc1ccccc1)N[C@@H]1CCc2ccccc21. The molecule has 3 N–H and O–H groups in total. The molecule has 0 radical (unpaired) electrons. The summed E-state index contributed by atoms with van der Waals surface area (Å²) in [4.78, 5) is 54.6. The second-order valence-corrected chi connectivity index (χ2v) is 12.3. The van der Waals surface area contributed by atoms with E-state index in [4.69, 9.17) is 27.9 Å².